The number of anilines is 1. The van der Waals surface area contributed by atoms with Crippen LogP contribution in [0, 0.1) is 5.82 Å². The van der Waals surface area contributed by atoms with Gasteiger partial charge in [-0.05, 0) is 36.4 Å². The number of aromatic nitrogens is 2. The van der Waals surface area contributed by atoms with Crippen molar-refractivity contribution >= 4 is 16.7 Å². The number of fused-ring (bicyclic) bond motifs is 1. The molecule has 32 heavy (non-hydrogen) atoms. The number of para-hydroxylation sites is 2. The second kappa shape index (κ2) is 9.10. The van der Waals surface area contributed by atoms with Crippen LogP contribution in [-0.2, 0) is 6.54 Å². The minimum Gasteiger partial charge on any atom is -0.390 e. The zero-order valence-corrected chi connectivity index (χ0v) is 17.9. The van der Waals surface area contributed by atoms with E-state index in [-0.39, 0.29) is 5.82 Å². The molecule has 6 heteroatoms. The zero-order valence-electron chi connectivity index (χ0n) is 17.9. The van der Waals surface area contributed by atoms with Gasteiger partial charge in [0.25, 0.3) is 0 Å². The van der Waals surface area contributed by atoms with Crippen LogP contribution < -0.4 is 4.90 Å². The predicted molar refractivity (Wildman–Crippen MR) is 126 cm³/mol. The predicted octanol–water partition coefficient (Wildman–Crippen LogP) is 4.03. The van der Waals surface area contributed by atoms with E-state index in [4.69, 9.17) is 4.98 Å². The Hall–Kier alpha value is -3.22. The smallest absolute Gasteiger partial charge is 0.141 e. The van der Waals surface area contributed by atoms with Crippen molar-refractivity contribution in [3.8, 4) is 11.4 Å². The molecule has 1 aliphatic rings. The van der Waals surface area contributed by atoms with E-state index in [1.807, 2.05) is 48.5 Å². The molecule has 3 aromatic carbocycles. The summed E-state index contributed by atoms with van der Waals surface area (Å²) in [5.74, 6) is 0.671. The van der Waals surface area contributed by atoms with Gasteiger partial charge in [-0.25, -0.2) is 9.37 Å². The molecule has 1 atom stereocenters. The van der Waals surface area contributed by atoms with E-state index in [2.05, 4.69) is 32.6 Å². The molecule has 0 radical (unpaired) electrons. The van der Waals surface area contributed by atoms with Gasteiger partial charge in [0.15, 0.2) is 0 Å². The standard InChI is InChI=1S/C26H27FN4O/c27-21-10-12-22(13-11-21)30-16-14-29(15-17-30)18-23(32)19-31-25-9-5-4-8-24(25)28-26(31)20-6-2-1-3-7-20/h1-13,23,32H,14-19H2. The molecule has 0 bridgehead atoms. The maximum absolute atomic E-state index is 13.2. The molecule has 2 heterocycles. The Balaban J connectivity index is 1.27. The van der Waals surface area contributed by atoms with Crippen LogP contribution in [0.15, 0.2) is 78.9 Å². The highest BCUT2D eigenvalue weighted by Gasteiger charge is 2.21. The van der Waals surface area contributed by atoms with E-state index < -0.39 is 6.10 Å². The maximum atomic E-state index is 13.2. The van der Waals surface area contributed by atoms with Gasteiger partial charge in [0, 0.05) is 44.0 Å². The molecule has 1 aromatic heterocycles. The molecule has 1 N–H and O–H groups in total. The average molecular weight is 431 g/mol. The molecule has 5 rings (SSSR count). The second-order valence-corrected chi connectivity index (χ2v) is 8.32. The number of hydrogen-bond acceptors (Lipinski definition) is 4. The largest absolute Gasteiger partial charge is 0.390 e. The highest BCUT2D eigenvalue weighted by molar-refractivity contribution is 5.80. The normalized spacial score (nSPS) is 15.9. The summed E-state index contributed by atoms with van der Waals surface area (Å²) < 4.78 is 15.3. The number of piperazine rings is 1. The lowest BCUT2D eigenvalue weighted by atomic mass is 10.2. The van der Waals surface area contributed by atoms with Gasteiger partial charge in [0.2, 0.25) is 0 Å². The third kappa shape index (κ3) is 4.38. The summed E-state index contributed by atoms with van der Waals surface area (Å²) >= 11 is 0. The molecular formula is C26H27FN4O. The Bertz CT molecular complexity index is 1170. The summed E-state index contributed by atoms with van der Waals surface area (Å²) in [6, 6.07) is 24.9. The Morgan fingerprint density at radius 1 is 0.812 bits per heavy atom. The van der Waals surface area contributed by atoms with Crippen molar-refractivity contribution in [3.05, 3.63) is 84.7 Å². The van der Waals surface area contributed by atoms with Gasteiger partial charge < -0.3 is 14.6 Å². The Labute approximate surface area is 187 Å². The number of imidazole rings is 1. The number of benzene rings is 3. The van der Waals surface area contributed by atoms with E-state index in [1.165, 1.54) is 12.1 Å². The third-order valence-electron chi connectivity index (χ3n) is 6.11. The lowest BCUT2D eigenvalue weighted by Crippen LogP contribution is -2.49. The molecule has 1 saturated heterocycles. The number of hydrogen-bond donors (Lipinski definition) is 1. The molecule has 0 aliphatic carbocycles. The number of aliphatic hydroxyl groups excluding tert-OH is 1. The summed E-state index contributed by atoms with van der Waals surface area (Å²) in [5, 5.41) is 11.0. The van der Waals surface area contributed by atoms with E-state index >= 15 is 0 Å². The zero-order chi connectivity index (χ0) is 21.9. The van der Waals surface area contributed by atoms with Crippen LogP contribution in [0.5, 0.6) is 0 Å². The molecule has 1 fully saturated rings. The Kier molecular flexibility index (Phi) is 5.88. The van der Waals surface area contributed by atoms with Crippen molar-refractivity contribution in [1.82, 2.24) is 14.5 Å². The van der Waals surface area contributed by atoms with E-state index in [0.717, 1.165) is 54.3 Å². The molecule has 0 spiro atoms. The molecule has 1 aliphatic heterocycles. The van der Waals surface area contributed by atoms with Gasteiger partial charge in [-0.15, -0.1) is 0 Å². The van der Waals surface area contributed by atoms with Crippen molar-refractivity contribution in [1.29, 1.82) is 0 Å². The fourth-order valence-corrected chi connectivity index (χ4v) is 4.48. The number of β-amino-alcohol motifs (C(OH)–C–C–N with tert-alkyl or cyclic N) is 1. The molecule has 0 amide bonds. The lowest BCUT2D eigenvalue weighted by Gasteiger charge is -2.37. The van der Waals surface area contributed by atoms with Gasteiger partial charge in [-0.3, -0.25) is 4.90 Å². The molecule has 0 saturated carbocycles. The number of aliphatic hydroxyl groups is 1. The Morgan fingerprint density at radius 2 is 1.50 bits per heavy atom. The van der Waals surface area contributed by atoms with Crippen LogP contribution in [0.4, 0.5) is 10.1 Å². The maximum Gasteiger partial charge on any atom is 0.141 e. The van der Waals surface area contributed by atoms with Crippen molar-refractivity contribution in [2.75, 3.05) is 37.6 Å². The van der Waals surface area contributed by atoms with Gasteiger partial charge in [-0.1, -0.05) is 42.5 Å². The van der Waals surface area contributed by atoms with Crippen LogP contribution >= 0.6 is 0 Å². The van der Waals surface area contributed by atoms with E-state index in [1.54, 1.807) is 0 Å². The molecule has 5 nitrogen and oxygen atoms in total. The van der Waals surface area contributed by atoms with Crippen LogP contribution in [0.25, 0.3) is 22.4 Å². The first kappa shape index (κ1) is 20.7. The highest BCUT2D eigenvalue weighted by Crippen LogP contribution is 2.25. The topological polar surface area (TPSA) is 44.5 Å². The SMILES string of the molecule is OC(CN1CCN(c2ccc(F)cc2)CC1)Cn1c(-c2ccccc2)nc2ccccc21. The van der Waals surface area contributed by atoms with Crippen LogP contribution in [0.1, 0.15) is 0 Å². The van der Waals surface area contributed by atoms with Gasteiger partial charge in [0.1, 0.15) is 11.6 Å². The molecule has 1 unspecified atom stereocenters. The minimum atomic E-state index is -0.507. The third-order valence-corrected chi connectivity index (χ3v) is 6.11. The highest BCUT2D eigenvalue weighted by atomic mass is 19.1. The number of halogens is 1. The Morgan fingerprint density at radius 3 is 2.25 bits per heavy atom. The van der Waals surface area contributed by atoms with Crippen molar-refractivity contribution in [2.24, 2.45) is 0 Å². The van der Waals surface area contributed by atoms with Crippen molar-refractivity contribution in [2.45, 2.75) is 12.6 Å². The van der Waals surface area contributed by atoms with Crippen molar-refractivity contribution in [3.63, 3.8) is 0 Å². The first-order valence-corrected chi connectivity index (χ1v) is 11.1. The summed E-state index contributed by atoms with van der Waals surface area (Å²) in [6.07, 6.45) is -0.507. The first-order valence-electron chi connectivity index (χ1n) is 11.1. The van der Waals surface area contributed by atoms with Crippen molar-refractivity contribution < 1.29 is 9.50 Å². The fraction of sp³-hybridized carbons (Fsp3) is 0.269. The van der Waals surface area contributed by atoms with Gasteiger partial charge in [-0.2, -0.15) is 0 Å². The average Bonchev–Trinajstić information content (AvgIpc) is 3.19. The van der Waals surface area contributed by atoms with Crippen LogP contribution in [0.3, 0.4) is 0 Å². The molecular weight excluding hydrogens is 403 g/mol. The molecule has 164 valence electrons. The number of rotatable bonds is 6. The summed E-state index contributed by atoms with van der Waals surface area (Å²) in [5.41, 5.74) is 4.06. The fourth-order valence-electron chi connectivity index (χ4n) is 4.48. The summed E-state index contributed by atoms with van der Waals surface area (Å²) in [6.45, 7) is 4.56. The van der Waals surface area contributed by atoms with Gasteiger partial charge >= 0.3 is 0 Å². The van der Waals surface area contributed by atoms with Crippen LogP contribution in [0.2, 0.25) is 0 Å². The van der Waals surface area contributed by atoms with Crippen LogP contribution in [-0.4, -0.2) is 58.4 Å². The minimum absolute atomic E-state index is 0.211. The summed E-state index contributed by atoms with van der Waals surface area (Å²) in [4.78, 5) is 9.40. The monoisotopic (exact) mass is 430 g/mol. The second-order valence-electron chi connectivity index (χ2n) is 8.32. The van der Waals surface area contributed by atoms with Gasteiger partial charge in [0.05, 0.1) is 23.7 Å². The first-order chi connectivity index (χ1) is 15.7. The summed E-state index contributed by atoms with van der Waals surface area (Å²) in [7, 11) is 0. The lowest BCUT2D eigenvalue weighted by molar-refractivity contribution is 0.0962. The quantitative estimate of drug-likeness (QED) is 0.502. The van der Waals surface area contributed by atoms with E-state index in [0.29, 0.717) is 13.1 Å². The van der Waals surface area contributed by atoms with E-state index in [9.17, 15) is 9.50 Å². The molecule has 4 aromatic rings. The number of nitrogens with zero attached hydrogens (tertiary/aromatic N) is 4.